The minimum Gasteiger partial charge on any atom is -0.379 e. The Hall–Kier alpha value is -1.89. The van der Waals surface area contributed by atoms with Gasteiger partial charge in [-0.25, -0.2) is 0 Å². The first-order valence-corrected chi connectivity index (χ1v) is 9.66. The highest BCUT2D eigenvalue weighted by molar-refractivity contribution is 7.18. The number of hydrogen-bond acceptors (Lipinski definition) is 5. The summed E-state index contributed by atoms with van der Waals surface area (Å²) < 4.78 is 5.34. The van der Waals surface area contributed by atoms with Crippen molar-refractivity contribution in [2.24, 2.45) is 0 Å². The van der Waals surface area contributed by atoms with Gasteiger partial charge in [0, 0.05) is 38.4 Å². The van der Waals surface area contributed by atoms with Gasteiger partial charge in [0.05, 0.1) is 23.1 Å². The zero-order chi connectivity index (χ0) is 17.1. The first-order valence-electron chi connectivity index (χ1n) is 8.85. The molecule has 0 spiro atoms. The molecule has 1 aromatic carbocycles. The van der Waals surface area contributed by atoms with Crippen LogP contribution in [-0.2, 0) is 11.2 Å². The Balaban J connectivity index is 1.34. The lowest BCUT2D eigenvalue weighted by atomic mass is 10.2. The zero-order valence-corrected chi connectivity index (χ0v) is 15.1. The molecule has 1 amide bonds. The molecule has 0 radical (unpaired) electrons. The van der Waals surface area contributed by atoms with Gasteiger partial charge < -0.3 is 15.0 Å². The summed E-state index contributed by atoms with van der Waals surface area (Å²) in [7, 11) is 0. The summed E-state index contributed by atoms with van der Waals surface area (Å²) in [5.74, 6) is 0.0250. The molecule has 132 valence electrons. The van der Waals surface area contributed by atoms with E-state index in [4.69, 9.17) is 4.74 Å². The Morgan fingerprint density at radius 1 is 1.12 bits per heavy atom. The van der Waals surface area contributed by atoms with Crippen LogP contribution in [0.3, 0.4) is 0 Å². The fourth-order valence-electron chi connectivity index (χ4n) is 3.40. The number of hydrogen-bond donors (Lipinski definition) is 1. The number of thiophene rings is 1. The molecule has 0 unspecified atom stereocenters. The quantitative estimate of drug-likeness (QED) is 0.893. The smallest absolute Gasteiger partial charge is 0.261 e. The van der Waals surface area contributed by atoms with Crippen LogP contribution in [0.5, 0.6) is 0 Å². The minimum absolute atomic E-state index is 0.0250. The van der Waals surface area contributed by atoms with Crippen LogP contribution in [-0.4, -0.2) is 56.7 Å². The van der Waals surface area contributed by atoms with Crippen molar-refractivity contribution in [1.82, 2.24) is 10.2 Å². The number of amides is 1. The minimum atomic E-state index is 0.0250. The van der Waals surface area contributed by atoms with Crippen LogP contribution in [0.2, 0.25) is 0 Å². The Labute approximate surface area is 152 Å². The number of ether oxygens (including phenoxy) is 1. The summed E-state index contributed by atoms with van der Waals surface area (Å²) in [6.07, 6.45) is 1.06. The molecule has 0 bridgehead atoms. The lowest BCUT2D eigenvalue weighted by Gasteiger charge is -2.26. The first kappa shape index (κ1) is 16.6. The lowest BCUT2D eigenvalue weighted by Crippen LogP contribution is -2.41. The molecule has 5 nitrogen and oxygen atoms in total. The first-order chi connectivity index (χ1) is 12.3. The van der Waals surface area contributed by atoms with Crippen molar-refractivity contribution in [3.05, 3.63) is 46.8 Å². The SMILES string of the molecule is O=C(NCCN1CCOCC1)c1ccc(N2CCc3ccccc32)s1. The van der Waals surface area contributed by atoms with Crippen LogP contribution in [0.4, 0.5) is 10.7 Å². The van der Waals surface area contributed by atoms with Gasteiger partial charge in [-0.1, -0.05) is 18.2 Å². The number of carbonyl (C=O) groups is 1. The maximum Gasteiger partial charge on any atom is 0.261 e. The predicted octanol–water partition coefficient (Wildman–Crippen LogP) is 2.50. The second kappa shape index (κ2) is 7.56. The molecule has 6 heteroatoms. The molecule has 0 saturated carbocycles. The van der Waals surface area contributed by atoms with E-state index >= 15 is 0 Å². The Morgan fingerprint density at radius 3 is 2.84 bits per heavy atom. The predicted molar refractivity (Wildman–Crippen MR) is 101 cm³/mol. The van der Waals surface area contributed by atoms with Crippen molar-refractivity contribution in [1.29, 1.82) is 0 Å². The Bertz CT molecular complexity index is 740. The van der Waals surface area contributed by atoms with Gasteiger partial charge in [-0.3, -0.25) is 9.69 Å². The number of carbonyl (C=O) groups excluding carboxylic acids is 1. The summed E-state index contributed by atoms with van der Waals surface area (Å²) in [4.78, 5) is 17.8. The Morgan fingerprint density at radius 2 is 1.96 bits per heavy atom. The van der Waals surface area contributed by atoms with E-state index in [1.54, 1.807) is 11.3 Å². The Kier molecular flexibility index (Phi) is 5.01. The summed E-state index contributed by atoms with van der Waals surface area (Å²) in [5.41, 5.74) is 2.65. The number of rotatable bonds is 5. The van der Waals surface area contributed by atoms with Gasteiger partial charge >= 0.3 is 0 Å². The van der Waals surface area contributed by atoms with Crippen molar-refractivity contribution in [3.63, 3.8) is 0 Å². The average Bonchev–Trinajstić information content (AvgIpc) is 3.29. The molecule has 1 saturated heterocycles. The number of anilines is 2. The van der Waals surface area contributed by atoms with Crippen LogP contribution in [0, 0.1) is 0 Å². The van der Waals surface area contributed by atoms with Gasteiger partial charge in [-0.2, -0.15) is 0 Å². The molecular formula is C19H23N3O2S. The van der Waals surface area contributed by atoms with E-state index in [-0.39, 0.29) is 5.91 Å². The second-order valence-corrected chi connectivity index (χ2v) is 7.44. The van der Waals surface area contributed by atoms with E-state index < -0.39 is 0 Å². The zero-order valence-electron chi connectivity index (χ0n) is 14.2. The number of morpholine rings is 1. The summed E-state index contributed by atoms with van der Waals surface area (Å²) in [6, 6.07) is 12.5. The molecule has 3 heterocycles. The average molecular weight is 357 g/mol. The number of benzene rings is 1. The number of nitrogens with zero attached hydrogens (tertiary/aromatic N) is 2. The fourth-order valence-corrected chi connectivity index (χ4v) is 4.36. The van der Waals surface area contributed by atoms with Gasteiger partial charge in [0.15, 0.2) is 0 Å². The third kappa shape index (κ3) is 3.71. The van der Waals surface area contributed by atoms with Crippen molar-refractivity contribution >= 4 is 27.9 Å². The number of nitrogens with one attached hydrogen (secondary N) is 1. The summed E-state index contributed by atoms with van der Waals surface area (Å²) in [5, 5.41) is 4.18. The van der Waals surface area contributed by atoms with Gasteiger partial charge in [0.25, 0.3) is 5.91 Å². The van der Waals surface area contributed by atoms with Crippen LogP contribution >= 0.6 is 11.3 Å². The van der Waals surface area contributed by atoms with Crippen molar-refractivity contribution < 1.29 is 9.53 Å². The highest BCUT2D eigenvalue weighted by Crippen LogP contribution is 2.37. The van der Waals surface area contributed by atoms with E-state index in [2.05, 4.69) is 45.4 Å². The van der Waals surface area contributed by atoms with Gasteiger partial charge in [0.2, 0.25) is 0 Å². The summed E-state index contributed by atoms with van der Waals surface area (Å²) in [6.45, 7) is 6.03. The van der Waals surface area contributed by atoms with Crippen LogP contribution in [0.15, 0.2) is 36.4 Å². The third-order valence-electron chi connectivity index (χ3n) is 4.79. The van der Waals surface area contributed by atoms with Crippen LogP contribution < -0.4 is 10.2 Å². The molecule has 25 heavy (non-hydrogen) atoms. The molecule has 2 aliphatic rings. The third-order valence-corrected chi connectivity index (χ3v) is 5.89. The molecule has 1 N–H and O–H groups in total. The van der Waals surface area contributed by atoms with Crippen molar-refractivity contribution in [2.45, 2.75) is 6.42 Å². The van der Waals surface area contributed by atoms with E-state index in [0.29, 0.717) is 6.54 Å². The number of para-hydroxylation sites is 1. The molecular weight excluding hydrogens is 334 g/mol. The fraction of sp³-hybridized carbons (Fsp3) is 0.421. The largest absolute Gasteiger partial charge is 0.379 e. The standard InChI is InChI=1S/C19H23N3O2S/c23-19(20-8-10-21-11-13-24-14-12-21)17-5-6-18(25-17)22-9-7-15-3-1-2-4-16(15)22/h1-6H,7-14H2,(H,20,23). The second-order valence-electron chi connectivity index (χ2n) is 6.38. The van der Waals surface area contributed by atoms with Crippen LogP contribution in [0.25, 0.3) is 0 Å². The monoisotopic (exact) mass is 357 g/mol. The highest BCUT2D eigenvalue weighted by atomic mass is 32.1. The molecule has 0 atom stereocenters. The topological polar surface area (TPSA) is 44.8 Å². The molecule has 2 aromatic rings. The van der Waals surface area contributed by atoms with Crippen molar-refractivity contribution in [3.8, 4) is 0 Å². The van der Waals surface area contributed by atoms with E-state index in [1.165, 1.54) is 11.3 Å². The van der Waals surface area contributed by atoms with Crippen molar-refractivity contribution in [2.75, 3.05) is 50.8 Å². The maximum atomic E-state index is 12.4. The normalized spacial score (nSPS) is 17.5. The van der Waals surface area contributed by atoms with E-state index in [9.17, 15) is 4.79 Å². The lowest BCUT2D eigenvalue weighted by molar-refractivity contribution is 0.0383. The molecule has 1 fully saturated rings. The van der Waals surface area contributed by atoms with Gasteiger partial charge in [0.1, 0.15) is 0 Å². The van der Waals surface area contributed by atoms with Crippen LogP contribution in [0.1, 0.15) is 15.2 Å². The molecule has 2 aliphatic heterocycles. The summed E-state index contributed by atoms with van der Waals surface area (Å²) >= 11 is 1.57. The highest BCUT2D eigenvalue weighted by Gasteiger charge is 2.22. The molecule has 0 aliphatic carbocycles. The van der Waals surface area contributed by atoms with E-state index in [1.807, 2.05) is 6.07 Å². The van der Waals surface area contributed by atoms with E-state index in [0.717, 1.165) is 55.7 Å². The maximum absolute atomic E-state index is 12.4. The molecule has 1 aromatic heterocycles. The number of fused-ring (bicyclic) bond motifs is 1. The molecule has 4 rings (SSSR count). The van der Waals surface area contributed by atoms with Gasteiger partial charge in [-0.15, -0.1) is 11.3 Å². The van der Waals surface area contributed by atoms with Gasteiger partial charge in [-0.05, 0) is 30.2 Å².